The highest BCUT2D eigenvalue weighted by Crippen LogP contribution is 2.45. The van der Waals surface area contributed by atoms with E-state index in [0.717, 1.165) is 25.7 Å². The molecule has 162 valence electrons. The molecule has 5 nitrogen and oxygen atoms in total. The Balaban J connectivity index is 1.74. The van der Waals surface area contributed by atoms with Crippen LogP contribution in [0.2, 0.25) is 0 Å². The summed E-state index contributed by atoms with van der Waals surface area (Å²) >= 11 is 0. The van der Waals surface area contributed by atoms with Crippen LogP contribution in [0.5, 0.6) is 0 Å². The highest BCUT2D eigenvalue weighted by Gasteiger charge is 2.42. The normalized spacial score (nSPS) is 37.9. The van der Waals surface area contributed by atoms with Crippen molar-refractivity contribution in [1.29, 1.82) is 0 Å². The van der Waals surface area contributed by atoms with Crippen molar-refractivity contribution >= 4 is 11.9 Å². The number of fused-ring (bicyclic) bond motifs is 1. The molecule has 0 bridgehead atoms. The van der Waals surface area contributed by atoms with Gasteiger partial charge in [0, 0.05) is 12.3 Å². The van der Waals surface area contributed by atoms with Gasteiger partial charge in [-0.3, -0.25) is 9.59 Å². The Kier molecular flexibility index (Phi) is 7.20. The van der Waals surface area contributed by atoms with Gasteiger partial charge in [-0.1, -0.05) is 45.9 Å². The molecule has 1 saturated heterocycles. The van der Waals surface area contributed by atoms with Crippen molar-refractivity contribution in [1.82, 2.24) is 0 Å². The summed E-state index contributed by atoms with van der Waals surface area (Å²) in [5, 5.41) is 9.89. The van der Waals surface area contributed by atoms with Crippen LogP contribution in [-0.2, 0) is 19.1 Å². The van der Waals surface area contributed by atoms with Crippen molar-refractivity contribution in [2.45, 2.75) is 84.5 Å². The lowest BCUT2D eigenvalue weighted by molar-refractivity contribution is -0.162. The molecule has 3 aliphatic rings. The SMILES string of the molecule is CC[C@H](C)C(=O)OC1CC(C)C=C2C=CC(C)[C@@H](CC[C@H]3C[C@@H](O)CC(=O)O3)[C@H]21. The maximum atomic E-state index is 12.5. The molecule has 0 aromatic heterocycles. The van der Waals surface area contributed by atoms with Crippen LogP contribution in [-0.4, -0.2) is 35.4 Å². The van der Waals surface area contributed by atoms with Crippen molar-refractivity contribution < 1.29 is 24.2 Å². The maximum Gasteiger partial charge on any atom is 0.308 e. The number of allylic oxidation sites excluding steroid dienone is 3. The molecular formula is C24H36O5. The molecule has 0 spiro atoms. The molecular weight excluding hydrogens is 368 g/mol. The largest absolute Gasteiger partial charge is 0.462 e. The number of cyclic esters (lactones) is 1. The average Bonchev–Trinajstić information content (AvgIpc) is 2.65. The summed E-state index contributed by atoms with van der Waals surface area (Å²) in [7, 11) is 0. The molecule has 3 rings (SSSR count). The fourth-order valence-corrected chi connectivity index (χ4v) is 5.07. The minimum Gasteiger partial charge on any atom is -0.462 e. The topological polar surface area (TPSA) is 72.8 Å². The smallest absolute Gasteiger partial charge is 0.308 e. The van der Waals surface area contributed by atoms with Crippen molar-refractivity contribution in [2.24, 2.45) is 29.6 Å². The number of carbonyl (C=O) groups is 2. The lowest BCUT2D eigenvalue weighted by Gasteiger charge is -2.43. The number of hydrogen-bond donors (Lipinski definition) is 1. The molecule has 0 saturated carbocycles. The van der Waals surface area contributed by atoms with Crippen LogP contribution in [0.15, 0.2) is 23.8 Å². The highest BCUT2D eigenvalue weighted by molar-refractivity contribution is 5.72. The molecule has 29 heavy (non-hydrogen) atoms. The van der Waals surface area contributed by atoms with Crippen molar-refractivity contribution in [3.63, 3.8) is 0 Å². The first-order chi connectivity index (χ1) is 13.8. The summed E-state index contributed by atoms with van der Waals surface area (Å²) in [5.41, 5.74) is 1.27. The van der Waals surface area contributed by atoms with E-state index in [1.807, 2.05) is 13.8 Å². The van der Waals surface area contributed by atoms with Gasteiger partial charge in [0.05, 0.1) is 18.4 Å². The number of esters is 2. The minimum absolute atomic E-state index is 0.0854. The van der Waals surface area contributed by atoms with E-state index in [1.54, 1.807) is 0 Å². The molecule has 0 radical (unpaired) electrons. The molecule has 1 fully saturated rings. The Morgan fingerprint density at radius 2 is 2.07 bits per heavy atom. The van der Waals surface area contributed by atoms with E-state index in [2.05, 4.69) is 32.1 Å². The third-order valence-corrected chi connectivity index (χ3v) is 6.93. The van der Waals surface area contributed by atoms with Gasteiger partial charge < -0.3 is 14.6 Å². The van der Waals surface area contributed by atoms with E-state index in [0.29, 0.717) is 24.2 Å². The zero-order valence-corrected chi connectivity index (χ0v) is 18.2. The number of rotatable bonds is 6. The van der Waals surface area contributed by atoms with Crippen molar-refractivity contribution in [3.05, 3.63) is 23.8 Å². The molecule has 0 amide bonds. The van der Waals surface area contributed by atoms with Crippen LogP contribution in [0, 0.1) is 29.6 Å². The Hall–Kier alpha value is -1.62. The predicted octanol–water partition coefficient (Wildman–Crippen LogP) is 4.20. The summed E-state index contributed by atoms with van der Waals surface area (Å²) < 4.78 is 11.5. The predicted molar refractivity (Wildman–Crippen MR) is 111 cm³/mol. The van der Waals surface area contributed by atoms with Gasteiger partial charge in [-0.25, -0.2) is 0 Å². The Bertz CT molecular complexity index is 666. The number of ether oxygens (including phenoxy) is 2. The van der Waals surface area contributed by atoms with Crippen LogP contribution in [0.3, 0.4) is 0 Å². The lowest BCUT2D eigenvalue weighted by Crippen LogP contribution is -2.42. The quantitative estimate of drug-likeness (QED) is 0.672. The van der Waals surface area contributed by atoms with Gasteiger partial charge in [0.1, 0.15) is 12.2 Å². The molecule has 0 aromatic rings. The van der Waals surface area contributed by atoms with E-state index in [4.69, 9.17) is 9.47 Å². The second-order valence-electron chi connectivity index (χ2n) is 9.36. The minimum atomic E-state index is -0.597. The van der Waals surface area contributed by atoms with Gasteiger partial charge in [-0.05, 0) is 49.0 Å². The van der Waals surface area contributed by atoms with Crippen molar-refractivity contribution in [2.75, 3.05) is 0 Å². The molecule has 8 atom stereocenters. The number of hydrogen-bond acceptors (Lipinski definition) is 5. The Labute approximate surface area is 174 Å². The molecule has 1 N–H and O–H groups in total. The third kappa shape index (κ3) is 5.30. The number of aliphatic hydroxyl groups excluding tert-OH is 1. The van der Waals surface area contributed by atoms with Crippen LogP contribution in [0.4, 0.5) is 0 Å². The van der Waals surface area contributed by atoms with Gasteiger partial charge in [0.25, 0.3) is 0 Å². The molecule has 2 aliphatic carbocycles. The zero-order chi connectivity index (χ0) is 21.1. The summed E-state index contributed by atoms with van der Waals surface area (Å²) in [4.78, 5) is 24.2. The van der Waals surface area contributed by atoms with E-state index in [-0.39, 0.29) is 42.4 Å². The third-order valence-electron chi connectivity index (χ3n) is 6.93. The second-order valence-corrected chi connectivity index (χ2v) is 9.36. The standard InChI is InChI=1S/C24H36O5/c1-5-15(3)24(27)29-21-11-14(2)10-17-7-6-16(4)20(23(17)21)9-8-19-12-18(25)13-22(26)28-19/h6-7,10,14-16,18-21,23,25H,5,8-9,11-13H2,1-4H3/t14?,15-,16?,18+,19-,20+,21?,23-/m0/s1. The fraction of sp³-hybridized carbons (Fsp3) is 0.750. The van der Waals surface area contributed by atoms with E-state index in [9.17, 15) is 14.7 Å². The summed E-state index contributed by atoms with van der Waals surface area (Å²) in [6.45, 7) is 8.33. The second kappa shape index (κ2) is 9.46. The van der Waals surface area contributed by atoms with Gasteiger partial charge >= 0.3 is 11.9 Å². The van der Waals surface area contributed by atoms with Gasteiger partial charge in [0.2, 0.25) is 0 Å². The summed E-state index contributed by atoms with van der Waals surface area (Å²) in [5.74, 6) is 0.755. The zero-order valence-electron chi connectivity index (χ0n) is 18.2. The molecule has 3 unspecified atom stereocenters. The molecule has 1 heterocycles. The monoisotopic (exact) mass is 404 g/mol. The van der Waals surface area contributed by atoms with Crippen LogP contribution in [0.1, 0.15) is 66.2 Å². The van der Waals surface area contributed by atoms with Crippen molar-refractivity contribution in [3.8, 4) is 0 Å². The van der Waals surface area contributed by atoms with E-state index in [1.165, 1.54) is 5.57 Å². The Morgan fingerprint density at radius 3 is 2.76 bits per heavy atom. The molecule has 0 aromatic carbocycles. The summed E-state index contributed by atoms with van der Waals surface area (Å²) in [6.07, 6.45) is 9.70. The number of carbonyl (C=O) groups excluding carboxylic acids is 2. The van der Waals surface area contributed by atoms with E-state index < -0.39 is 6.10 Å². The van der Waals surface area contributed by atoms with E-state index >= 15 is 0 Å². The summed E-state index contributed by atoms with van der Waals surface area (Å²) in [6, 6.07) is 0. The first-order valence-electron chi connectivity index (χ1n) is 11.3. The van der Waals surface area contributed by atoms with Crippen LogP contribution >= 0.6 is 0 Å². The fourth-order valence-electron chi connectivity index (χ4n) is 5.07. The maximum absolute atomic E-state index is 12.5. The first-order valence-corrected chi connectivity index (χ1v) is 11.3. The number of aliphatic hydroxyl groups is 1. The van der Waals surface area contributed by atoms with Crippen LogP contribution in [0.25, 0.3) is 0 Å². The molecule has 1 aliphatic heterocycles. The first kappa shape index (κ1) is 22.1. The highest BCUT2D eigenvalue weighted by atomic mass is 16.5. The lowest BCUT2D eigenvalue weighted by atomic mass is 9.65. The van der Waals surface area contributed by atoms with Gasteiger partial charge in [0.15, 0.2) is 0 Å². The van der Waals surface area contributed by atoms with Gasteiger partial charge in [-0.15, -0.1) is 0 Å². The molecule has 5 heteroatoms. The van der Waals surface area contributed by atoms with Crippen LogP contribution < -0.4 is 0 Å². The average molecular weight is 405 g/mol. The van der Waals surface area contributed by atoms with Gasteiger partial charge in [-0.2, -0.15) is 0 Å². The Morgan fingerprint density at radius 1 is 1.31 bits per heavy atom.